The number of nitrogens with one attached hydrogen (secondary N) is 3. The summed E-state index contributed by atoms with van der Waals surface area (Å²) in [4.78, 5) is 18.6. The van der Waals surface area contributed by atoms with Crippen LogP contribution in [0.5, 0.6) is 0 Å². The minimum Gasteiger partial charge on any atom is -0.352 e. The first-order chi connectivity index (χ1) is 10.3. The van der Waals surface area contributed by atoms with E-state index in [1.807, 2.05) is 18.2 Å². The van der Waals surface area contributed by atoms with Gasteiger partial charge >= 0.3 is 0 Å². The summed E-state index contributed by atoms with van der Waals surface area (Å²) in [5.41, 5.74) is 6.35. The van der Waals surface area contributed by atoms with Crippen molar-refractivity contribution in [3.05, 3.63) is 36.2 Å². The van der Waals surface area contributed by atoms with Crippen molar-refractivity contribution in [3.63, 3.8) is 0 Å². The summed E-state index contributed by atoms with van der Waals surface area (Å²) >= 11 is 0. The Labute approximate surface area is 119 Å². The minimum atomic E-state index is -0.0333. The van der Waals surface area contributed by atoms with Crippen LogP contribution < -0.4 is 5.43 Å². The van der Waals surface area contributed by atoms with Crippen LogP contribution in [0.4, 0.5) is 0 Å². The summed E-state index contributed by atoms with van der Waals surface area (Å²) in [6.07, 6.45) is 2.62. The SMILES string of the molecule is O=C1CCC(c2ccc3[nH]c(-c4ncn[nH]4)cc3c2)=NN1. The zero-order valence-corrected chi connectivity index (χ0v) is 11.1. The van der Waals surface area contributed by atoms with Crippen molar-refractivity contribution in [1.82, 2.24) is 25.6 Å². The van der Waals surface area contributed by atoms with Crippen molar-refractivity contribution >= 4 is 22.5 Å². The number of hydrogen-bond donors (Lipinski definition) is 3. The summed E-state index contributed by atoms with van der Waals surface area (Å²) < 4.78 is 0. The van der Waals surface area contributed by atoms with E-state index in [-0.39, 0.29) is 5.91 Å². The highest BCUT2D eigenvalue weighted by Crippen LogP contribution is 2.23. The fourth-order valence-electron chi connectivity index (χ4n) is 2.46. The minimum absolute atomic E-state index is 0.0333. The van der Waals surface area contributed by atoms with Gasteiger partial charge in [0, 0.05) is 23.7 Å². The van der Waals surface area contributed by atoms with Gasteiger partial charge in [0.05, 0.1) is 11.4 Å². The normalized spacial score (nSPS) is 15.0. The van der Waals surface area contributed by atoms with Crippen LogP contribution in [0.15, 0.2) is 35.7 Å². The standard InChI is InChI=1S/C14H12N6O/c21-13-4-3-11(18-19-13)8-1-2-10-9(5-8)6-12(17-10)14-15-7-16-20-14/h1-2,5-7,17H,3-4H2,(H,19,21)(H,15,16,20). The lowest BCUT2D eigenvalue weighted by atomic mass is 10.0. The molecule has 3 N–H and O–H groups in total. The highest BCUT2D eigenvalue weighted by molar-refractivity contribution is 6.06. The molecule has 0 spiro atoms. The van der Waals surface area contributed by atoms with E-state index < -0.39 is 0 Å². The molecule has 7 nitrogen and oxygen atoms in total. The smallest absolute Gasteiger partial charge is 0.240 e. The van der Waals surface area contributed by atoms with Crippen molar-refractivity contribution in [2.75, 3.05) is 0 Å². The van der Waals surface area contributed by atoms with Gasteiger partial charge < -0.3 is 4.98 Å². The highest BCUT2D eigenvalue weighted by Gasteiger charge is 2.14. The van der Waals surface area contributed by atoms with Crippen molar-refractivity contribution in [2.24, 2.45) is 5.10 Å². The lowest BCUT2D eigenvalue weighted by Gasteiger charge is -2.11. The maximum absolute atomic E-state index is 11.1. The van der Waals surface area contributed by atoms with Crippen molar-refractivity contribution in [2.45, 2.75) is 12.8 Å². The van der Waals surface area contributed by atoms with E-state index in [0.717, 1.165) is 27.9 Å². The molecule has 0 fully saturated rings. The van der Waals surface area contributed by atoms with E-state index >= 15 is 0 Å². The summed E-state index contributed by atoms with van der Waals surface area (Å²) in [5.74, 6) is 0.670. The maximum Gasteiger partial charge on any atom is 0.240 e. The molecule has 3 aromatic rings. The highest BCUT2D eigenvalue weighted by atomic mass is 16.2. The number of amides is 1. The Hall–Kier alpha value is -2.96. The third-order valence-electron chi connectivity index (χ3n) is 3.53. The number of hydrazone groups is 1. The van der Waals surface area contributed by atoms with Crippen molar-refractivity contribution in [1.29, 1.82) is 0 Å². The number of H-pyrrole nitrogens is 2. The van der Waals surface area contributed by atoms with Crippen LogP contribution in [-0.4, -0.2) is 31.8 Å². The largest absolute Gasteiger partial charge is 0.352 e. The Balaban J connectivity index is 1.75. The van der Waals surface area contributed by atoms with E-state index in [4.69, 9.17) is 0 Å². The first-order valence-corrected chi connectivity index (χ1v) is 6.64. The Morgan fingerprint density at radius 2 is 2.10 bits per heavy atom. The zero-order chi connectivity index (χ0) is 14.2. The summed E-state index contributed by atoms with van der Waals surface area (Å²) in [6, 6.07) is 8.08. The molecule has 7 heteroatoms. The van der Waals surface area contributed by atoms with Crippen LogP contribution in [0.25, 0.3) is 22.4 Å². The first-order valence-electron chi connectivity index (χ1n) is 6.64. The van der Waals surface area contributed by atoms with Gasteiger partial charge in [-0.1, -0.05) is 6.07 Å². The van der Waals surface area contributed by atoms with Crippen LogP contribution in [0, 0.1) is 0 Å². The van der Waals surface area contributed by atoms with Gasteiger partial charge in [0.15, 0.2) is 5.82 Å². The summed E-state index contributed by atoms with van der Waals surface area (Å²) in [6.45, 7) is 0. The van der Waals surface area contributed by atoms with Gasteiger partial charge in [-0.3, -0.25) is 9.89 Å². The predicted molar refractivity (Wildman–Crippen MR) is 77.6 cm³/mol. The number of aromatic nitrogens is 4. The number of hydrogen-bond acceptors (Lipinski definition) is 4. The number of carbonyl (C=O) groups is 1. The Kier molecular flexibility index (Phi) is 2.56. The fourth-order valence-corrected chi connectivity index (χ4v) is 2.46. The van der Waals surface area contributed by atoms with Gasteiger partial charge in [-0.2, -0.15) is 10.2 Å². The second-order valence-electron chi connectivity index (χ2n) is 4.91. The number of benzene rings is 1. The lowest BCUT2D eigenvalue weighted by molar-refractivity contribution is -0.121. The number of aromatic amines is 2. The number of fused-ring (bicyclic) bond motifs is 1. The monoisotopic (exact) mass is 280 g/mol. The molecule has 0 saturated heterocycles. The fraction of sp³-hybridized carbons (Fsp3) is 0.143. The van der Waals surface area contributed by atoms with Crippen molar-refractivity contribution in [3.8, 4) is 11.5 Å². The van der Waals surface area contributed by atoms with Crippen molar-refractivity contribution < 1.29 is 4.79 Å². The van der Waals surface area contributed by atoms with Crippen LogP contribution in [0.3, 0.4) is 0 Å². The molecule has 1 aromatic carbocycles. The van der Waals surface area contributed by atoms with Crippen LogP contribution in [0.1, 0.15) is 18.4 Å². The molecule has 104 valence electrons. The van der Waals surface area contributed by atoms with Crippen LogP contribution in [0.2, 0.25) is 0 Å². The van der Waals surface area contributed by atoms with Gasteiger partial charge in [0.2, 0.25) is 5.91 Å². The molecular formula is C14H12N6O. The quantitative estimate of drug-likeness (QED) is 0.664. The molecule has 1 aliphatic rings. The van der Waals surface area contributed by atoms with Gasteiger partial charge in [-0.15, -0.1) is 0 Å². The average Bonchev–Trinajstić information content (AvgIpc) is 3.16. The molecule has 0 bridgehead atoms. The van der Waals surface area contributed by atoms with E-state index in [0.29, 0.717) is 18.7 Å². The van der Waals surface area contributed by atoms with Gasteiger partial charge in [-0.25, -0.2) is 10.4 Å². The van der Waals surface area contributed by atoms with Gasteiger partial charge in [-0.05, 0) is 23.8 Å². The Morgan fingerprint density at radius 1 is 1.14 bits per heavy atom. The number of rotatable bonds is 2. The maximum atomic E-state index is 11.1. The van der Waals surface area contributed by atoms with E-state index in [1.54, 1.807) is 0 Å². The second kappa shape index (κ2) is 4.55. The lowest BCUT2D eigenvalue weighted by Crippen LogP contribution is -2.25. The molecule has 1 amide bonds. The second-order valence-corrected chi connectivity index (χ2v) is 4.91. The van der Waals surface area contributed by atoms with Gasteiger partial charge in [0.25, 0.3) is 0 Å². The molecule has 0 aliphatic carbocycles. The predicted octanol–water partition coefficient (Wildman–Crippen LogP) is 1.57. The molecule has 0 radical (unpaired) electrons. The van der Waals surface area contributed by atoms with Crippen LogP contribution in [-0.2, 0) is 4.79 Å². The molecule has 4 rings (SSSR count). The van der Waals surface area contributed by atoms with Gasteiger partial charge in [0.1, 0.15) is 6.33 Å². The molecule has 0 unspecified atom stereocenters. The first kappa shape index (κ1) is 11.8. The molecule has 3 heterocycles. The third-order valence-corrected chi connectivity index (χ3v) is 3.53. The topological polar surface area (TPSA) is 98.8 Å². The molecule has 0 saturated carbocycles. The molecule has 1 aliphatic heterocycles. The van der Waals surface area contributed by atoms with E-state index in [2.05, 4.69) is 36.8 Å². The van der Waals surface area contributed by atoms with Crippen LogP contribution >= 0.6 is 0 Å². The zero-order valence-electron chi connectivity index (χ0n) is 11.1. The molecule has 2 aromatic heterocycles. The number of nitrogens with zero attached hydrogens (tertiary/aromatic N) is 3. The average molecular weight is 280 g/mol. The Bertz CT molecular complexity index is 846. The molecule has 21 heavy (non-hydrogen) atoms. The number of carbonyl (C=O) groups excluding carboxylic acids is 1. The molecular weight excluding hydrogens is 268 g/mol. The molecule has 0 atom stereocenters. The van der Waals surface area contributed by atoms with E-state index in [1.165, 1.54) is 6.33 Å². The van der Waals surface area contributed by atoms with E-state index in [9.17, 15) is 4.79 Å². The summed E-state index contributed by atoms with van der Waals surface area (Å²) in [5, 5.41) is 11.9. The summed E-state index contributed by atoms with van der Waals surface area (Å²) in [7, 11) is 0. The third kappa shape index (κ3) is 2.08. The Morgan fingerprint density at radius 3 is 2.86 bits per heavy atom.